The Morgan fingerprint density at radius 1 is 0.926 bits per heavy atom. The number of nitrogens with one attached hydrogen (secondary N) is 1. The Morgan fingerprint density at radius 2 is 1.74 bits per heavy atom. The first-order valence-corrected chi connectivity index (χ1v) is 10.2. The zero-order chi connectivity index (χ0) is 18.5. The van der Waals surface area contributed by atoms with Gasteiger partial charge >= 0.3 is 0 Å². The summed E-state index contributed by atoms with van der Waals surface area (Å²) >= 11 is 0. The first-order chi connectivity index (χ1) is 13.3. The van der Waals surface area contributed by atoms with Crippen molar-refractivity contribution in [3.05, 3.63) is 77.9 Å². The summed E-state index contributed by atoms with van der Waals surface area (Å²) in [5, 5.41) is 6.39. The Balaban J connectivity index is 1.55. The van der Waals surface area contributed by atoms with Gasteiger partial charge in [0.1, 0.15) is 12.4 Å². The molecule has 0 saturated heterocycles. The van der Waals surface area contributed by atoms with Crippen molar-refractivity contribution < 1.29 is 4.74 Å². The molecule has 1 saturated carbocycles. The van der Waals surface area contributed by atoms with Crippen LogP contribution in [0.1, 0.15) is 43.7 Å². The minimum atomic E-state index is 0.604. The van der Waals surface area contributed by atoms with Crippen molar-refractivity contribution in [2.45, 2.75) is 51.8 Å². The third-order valence-corrected chi connectivity index (χ3v) is 5.74. The Morgan fingerprint density at radius 3 is 2.59 bits per heavy atom. The van der Waals surface area contributed by atoms with Gasteiger partial charge in [0.15, 0.2) is 0 Å². The average molecular weight is 360 g/mol. The topological polar surface area (TPSA) is 21.3 Å². The summed E-state index contributed by atoms with van der Waals surface area (Å²) in [5.41, 5.74) is 2.48. The van der Waals surface area contributed by atoms with Gasteiger partial charge in [0, 0.05) is 18.2 Å². The van der Waals surface area contributed by atoms with Crippen LogP contribution in [0.4, 0.5) is 0 Å². The first-order valence-electron chi connectivity index (χ1n) is 10.2. The lowest BCUT2D eigenvalue weighted by Gasteiger charge is -2.28. The van der Waals surface area contributed by atoms with Gasteiger partial charge in [-0.15, -0.1) is 0 Å². The molecule has 2 nitrogen and oxygen atoms in total. The maximum Gasteiger partial charge on any atom is 0.124 e. The Hall–Kier alpha value is -2.32. The fourth-order valence-electron chi connectivity index (χ4n) is 4.23. The van der Waals surface area contributed by atoms with E-state index < -0.39 is 0 Å². The number of benzene rings is 3. The van der Waals surface area contributed by atoms with E-state index >= 15 is 0 Å². The van der Waals surface area contributed by atoms with Crippen LogP contribution in [0.25, 0.3) is 10.8 Å². The summed E-state index contributed by atoms with van der Waals surface area (Å²) in [6, 6.07) is 23.9. The smallest absolute Gasteiger partial charge is 0.124 e. The third-order valence-electron chi connectivity index (χ3n) is 5.74. The van der Waals surface area contributed by atoms with Gasteiger partial charge in [-0.3, -0.25) is 0 Å². The molecule has 0 aromatic heterocycles. The van der Waals surface area contributed by atoms with E-state index in [0.29, 0.717) is 12.6 Å². The molecule has 2 unspecified atom stereocenters. The first kappa shape index (κ1) is 18.1. The average Bonchev–Trinajstić information content (AvgIpc) is 2.71. The lowest BCUT2D eigenvalue weighted by atomic mass is 9.87. The van der Waals surface area contributed by atoms with Gasteiger partial charge in [0.2, 0.25) is 0 Å². The summed E-state index contributed by atoms with van der Waals surface area (Å²) in [6.45, 7) is 3.84. The monoisotopic (exact) mass is 359 g/mol. The largest absolute Gasteiger partial charge is 0.489 e. The lowest BCUT2D eigenvalue weighted by molar-refractivity contribution is 0.290. The van der Waals surface area contributed by atoms with E-state index in [1.165, 1.54) is 47.6 Å². The minimum absolute atomic E-state index is 0.604. The number of fused-ring (bicyclic) bond motifs is 1. The van der Waals surface area contributed by atoms with Crippen molar-refractivity contribution >= 4 is 10.8 Å². The molecule has 4 rings (SSSR count). The van der Waals surface area contributed by atoms with Crippen LogP contribution >= 0.6 is 0 Å². The number of rotatable bonds is 6. The van der Waals surface area contributed by atoms with Crippen molar-refractivity contribution in [3.8, 4) is 5.75 Å². The van der Waals surface area contributed by atoms with Gasteiger partial charge in [0.25, 0.3) is 0 Å². The van der Waals surface area contributed by atoms with Crippen LogP contribution in [-0.4, -0.2) is 6.04 Å². The van der Waals surface area contributed by atoms with E-state index in [0.717, 1.165) is 18.2 Å². The van der Waals surface area contributed by atoms with Gasteiger partial charge in [0.05, 0.1) is 0 Å². The molecule has 0 radical (unpaired) electrons. The molecule has 3 aromatic carbocycles. The molecule has 2 heteroatoms. The summed E-state index contributed by atoms with van der Waals surface area (Å²) in [4.78, 5) is 0. The highest BCUT2D eigenvalue weighted by Gasteiger charge is 2.19. The van der Waals surface area contributed by atoms with Gasteiger partial charge in [-0.1, -0.05) is 80.4 Å². The maximum atomic E-state index is 6.25. The lowest BCUT2D eigenvalue weighted by Crippen LogP contribution is -2.33. The highest BCUT2D eigenvalue weighted by atomic mass is 16.5. The molecule has 0 amide bonds. The minimum Gasteiger partial charge on any atom is -0.489 e. The molecular weight excluding hydrogens is 330 g/mol. The number of hydrogen-bond acceptors (Lipinski definition) is 2. The summed E-state index contributed by atoms with van der Waals surface area (Å²) in [6.07, 6.45) is 5.28. The van der Waals surface area contributed by atoms with Gasteiger partial charge in [-0.25, -0.2) is 0 Å². The van der Waals surface area contributed by atoms with Gasteiger partial charge in [-0.05, 0) is 41.2 Å². The van der Waals surface area contributed by atoms with Crippen LogP contribution in [0, 0.1) is 5.92 Å². The van der Waals surface area contributed by atoms with Crippen LogP contribution in [0.2, 0.25) is 0 Å². The van der Waals surface area contributed by atoms with Crippen LogP contribution in [0.5, 0.6) is 5.75 Å². The second-order valence-electron chi connectivity index (χ2n) is 7.89. The molecule has 1 N–H and O–H groups in total. The molecule has 0 bridgehead atoms. The van der Waals surface area contributed by atoms with E-state index in [1.807, 2.05) is 6.07 Å². The van der Waals surface area contributed by atoms with Crippen LogP contribution in [0.15, 0.2) is 66.7 Å². The Kier molecular flexibility index (Phi) is 5.74. The van der Waals surface area contributed by atoms with Crippen molar-refractivity contribution in [2.75, 3.05) is 0 Å². The second-order valence-corrected chi connectivity index (χ2v) is 7.89. The van der Waals surface area contributed by atoms with Crippen molar-refractivity contribution in [2.24, 2.45) is 5.92 Å². The third kappa shape index (κ3) is 4.51. The Labute approximate surface area is 162 Å². The quantitative estimate of drug-likeness (QED) is 0.575. The molecule has 140 valence electrons. The highest BCUT2D eigenvalue weighted by Crippen LogP contribution is 2.30. The molecule has 1 aliphatic carbocycles. The van der Waals surface area contributed by atoms with Gasteiger partial charge < -0.3 is 10.1 Å². The molecule has 0 spiro atoms. The van der Waals surface area contributed by atoms with E-state index in [1.54, 1.807) is 0 Å². The van der Waals surface area contributed by atoms with Crippen molar-refractivity contribution in [3.63, 3.8) is 0 Å². The fraction of sp³-hybridized carbons (Fsp3) is 0.360. The standard InChI is InChI=1S/C25H29NO/c1-19-8-7-12-22(16-19)26-17-24-23-13-6-5-11-21(23)14-15-25(24)27-18-20-9-3-2-4-10-20/h2-6,9-11,13-15,19,22,26H,7-8,12,16-18H2,1H3. The Bertz CT molecular complexity index is 874. The zero-order valence-electron chi connectivity index (χ0n) is 16.2. The predicted octanol–water partition coefficient (Wildman–Crippen LogP) is 6.09. The number of ether oxygens (including phenoxy) is 1. The fourth-order valence-corrected chi connectivity index (χ4v) is 4.23. The number of hydrogen-bond donors (Lipinski definition) is 1. The predicted molar refractivity (Wildman–Crippen MR) is 113 cm³/mol. The summed E-state index contributed by atoms with van der Waals surface area (Å²) < 4.78 is 6.25. The molecule has 27 heavy (non-hydrogen) atoms. The molecule has 3 aromatic rings. The maximum absolute atomic E-state index is 6.25. The van der Waals surface area contributed by atoms with Crippen LogP contribution in [-0.2, 0) is 13.2 Å². The highest BCUT2D eigenvalue weighted by molar-refractivity contribution is 5.87. The molecule has 0 aliphatic heterocycles. The molecule has 1 aliphatic rings. The van der Waals surface area contributed by atoms with Gasteiger partial charge in [-0.2, -0.15) is 0 Å². The SMILES string of the molecule is CC1CCCC(NCc2c(OCc3ccccc3)ccc3ccccc23)C1. The van der Waals surface area contributed by atoms with E-state index in [4.69, 9.17) is 4.74 Å². The molecule has 2 atom stereocenters. The zero-order valence-corrected chi connectivity index (χ0v) is 16.2. The van der Waals surface area contributed by atoms with E-state index in [9.17, 15) is 0 Å². The van der Waals surface area contributed by atoms with E-state index in [2.05, 4.69) is 72.9 Å². The second kappa shape index (κ2) is 8.58. The molecule has 0 heterocycles. The van der Waals surface area contributed by atoms with Crippen molar-refractivity contribution in [1.82, 2.24) is 5.32 Å². The van der Waals surface area contributed by atoms with Crippen LogP contribution in [0.3, 0.4) is 0 Å². The normalized spacial score (nSPS) is 19.9. The van der Waals surface area contributed by atoms with Crippen LogP contribution < -0.4 is 10.1 Å². The van der Waals surface area contributed by atoms with E-state index in [-0.39, 0.29) is 0 Å². The van der Waals surface area contributed by atoms with Crippen molar-refractivity contribution in [1.29, 1.82) is 0 Å². The summed E-state index contributed by atoms with van der Waals surface area (Å²) in [7, 11) is 0. The molecule has 1 fully saturated rings. The summed E-state index contributed by atoms with van der Waals surface area (Å²) in [5.74, 6) is 1.83. The molecular formula is C25H29NO.